The first-order chi connectivity index (χ1) is 13.2. The van der Waals surface area contributed by atoms with Crippen molar-refractivity contribution in [3.63, 3.8) is 0 Å². The molecule has 0 bridgehead atoms. The lowest BCUT2D eigenvalue weighted by Gasteiger charge is -2.16. The van der Waals surface area contributed by atoms with Crippen molar-refractivity contribution < 1.29 is 28.7 Å². The Morgan fingerprint density at radius 2 is 1.68 bits per heavy atom. The van der Waals surface area contributed by atoms with Crippen LogP contribution in [-0.2, 0) is 28.7 Å². The monoisotopic (exact) mass is 398 g/mol. The minimum Gasteiger partial charge on any atom is -0.379 e. The van der Waals surface area contributed by atoms with Gasteiger partial charge in [-0.1, -0.05) is 27.7 Å². The fourth-order valence-corrected chi connectivity index (χ4v) is 2.81. The molecule has 1 atom stereocenters. The molecule has 3 amide bonds. The molecule has 0 radical (unpaired) electrons. The molecule has 1 saturated heterocycles. The van der Waals surface area contributed by atoms with Gasteiger partial charge < -0.3 is 14.8 Å². The number of rotatable bonds is 14. The van der Waals surface area contributed by atoms with Crippen LogP contribution in [0.3, 0.4) is 0 Å². The van der Waals surface area contributed by atoms with Crippen LogP contribution in [0.15, 0.2) is 0 Å². The second-order valence-corrected chi connectivity index (χ2v) is 7.63. The van der Waals surface area contributed by atoms with Gasteiger partial charge in [0.15, 0.2) is 0 Å². The smallest absolute Gasteiger partial charge is 0.233 e. The van der Waals surface area contributed by atoms with Crippen molar-refractivity contribution in [2.45, 2.75) is 47.0 Å². The maximum atomic E-state index is 12.2. The summed E-state index contributed by atoms with van der Waals surface area (Å²) in [6.07, 6.45) is 0.739. The molecule has 1 aliphatic rings. The Morgan fingerprint density at radius 1 is 1.04 bits per heavy atom. The fraction of sp³-hybridized carbons (Fsp3) is 0.800. The molecule has 28 heavy (non-hydrogen) atoms. The van der Waals surface area contributed by atoms with Gasteiger partial charge in [0.05, 0.1) is 26.4 Å². The molecule has 0 aromatic rings. The zero-order valence-corrected chi connectivity index (χ0v) is 17.5. The zero-order chi connectivity index (χ0) is 21.1. The number of Topliss-reactive ketones (excluding diaryl/α,β-unsaturated/α-hetero) is 1. The number of amides is 3. The summed E-state index contributed by atoms with van der Waals surface area (Å²) in [4.78, 5) is 48.5. The van der Waals surface area contributed by atoms with Gasteiger partial charge in [-0.3, -0.25) is 24.1 Å². The van der Waals surface area contributed by atoms with Crippen molar-refractivity contribution in [3.05, 3.63) is 0 Å². The van der Waals surface area contributed by atoms with Gasteiger partial charge in [-0.2, -0.15) is 0 Å². The largest absolute Gasteiger partial charge is 0.379 e. The van der Waals surface area contributed by atoms with E-state index in [-0.39, 0.29) is 60.6 Å². The Hall–Kier alpha value is -1.80. The second-order valence-electron chi connectivity index (χ2n) is 7.63. The van der Waals surface area contributed by atoms with Crippen molar-refractivity contribution in [1.29, 1.82) is 0 Å². The minimum atomic E-state index is -0.269. The summed E-state index contributed by atoms with van der Waals surface area (Å²) in [5.74, 6) is -0.536. The van der Waals surface area contributed by atoms with Gasteiger partial charge in [-0.15, -0.1) is 0 Å². The molecule has 1 unspecified atom stereocenters. The van der Waals surface area contributed by atoms with Gasteiger partial charge in [0.2, 0.25) is 17.7 Å². The van der Waals surface area contributed by atoms with E-state index in [9.17, 15) is 19.2 Å². The van der Waals surface area contributed by atoms with E-state index < -0.39 is 0 Å². The highest BCUT2D eigenvalue weighted by Crippen LogP contribution is 2.26. The number of carbonyl (C=O) groups is 4. The molecule has 1 heterocycles. The molecule has 0 aromatic heterocycles. The normalized spacial score (nSPS) is 17.1. The molecule has 0 spiro atoms. The number of carbonyl (C=O) groups excluding carboxylic acids is 4. The Morgan fingerprint density at radius 3 is 2.25 bits per heavy atom. The molecule has 1 fully saturated rings. The van der Waals surface area contributed by atoms with Crippen LogP contribution < -0.4 is 5.32 Å². The number of nitrogens with one attached hydrogen (secondary N) is 1. The SMILES string of the molecule is CC(C)C(=O)CCOCCOCCNC(=O)CCN1C(=O)CC(C(C)C)C1=O. The Bertz CT molecular complexity index is 547. The van der Waals surface area contributed by atoms with E-state index in [2.05, 4.69) is 5.32 Å². The lowest BCUT2D eigenvalue weighted by atomic mass is 9.94. The molecule has 8 nitrogen and oxygen atoms in total. The standard InChI is InChI=1S/C20H34N2O6/c1-14(2)16-13-19(25)22(20(16)26)8-5-18(24)21-7-10-28-12-11-27-9-6-17(23)15(3)4/h14-16H,5-13H2,1-4H3,(H,21,24). The Kier molecular flexibility index (Phi) is 10.9. The lowest BCUT2D eigenvalue weighted by molar-refractivity contribution is -0.140. The molecule has 0 aliphatic carbocycles. The topological polar surface area (TPSA) is 102 Å². The van der Waals surface area contributed by atoms with Crippen molar-refractivity contribution in [2.75, 3.05) is 39.5 Å². The highest BCUT2D eigenvalue weighted by atomic mass is 16.5. The molecular formula is C20H34N2O6. The van der Waals surface area contributed by atoms with E-state index in [0.29, 0.717) is 39.4 Å². The number of ether oxygens (including phenoxy) is 2. The van der Waals surface area contributed by atoms with E-state index in [1.807, 2.05) is 27.7 Å². The highest BCUT2D eigenvalue weighted by Gasteiger charge is 2.39. The third kappa shape index (κ3) is 8.48. The number of nitrogens with zero attached hydrogens (tertiary/aromatic N) is 1. The average molecular weight is 399 g/mol. The summed E-state index contributed by atoms with van der Waals surface area (Å²) in [5.41, 5.74) is 0. The number of hydrogen-bond acceptors (Lipinski definition) is 6. The number of hydrogen-bond donors (Lipinski definition) is 1. The van der Waals surface area contributed by atoms with Gasteiger partial charge in [0, 0.05) is 44.2 Å². The van der Waals surface area contributed by atoms with Crippen LogP contribution in [0.4, 0.5) is 0 Å². The summed E-state index contributed by atoms with van der Waals surface area (Å²) in [5, 5.41) is 2.70. The molecule has 1 N–H and O–H groups in total. The molecule has 1 rings (SSSR count). The van der Waals surface area contributed by atoms with Gasteiger partial charge in [-0.05, 0) is 5.92 Å². The molecule has 1 aliphatic heterocycles. The van der Waals surface area contributed by atoms with Crippen molar-refractivity contribution >= 4 is 23.5 Å². The van der Waals surface area contributed by atoms with Gasteiger partial charge in [-0.25, -0.2) is 0 Å². The number of ketones is 1. The third-order valence-corrected chi connectivity index (χ3v) is 4.72. The van der Waals surface area contributed by atoms with E-state index in [1.54, 1.807) is 0 Å². The fourth-order valence-electron chi connectivity index (χ4n) is 2.81. The van der Waals surface area contributed by atoms with Gasteiger partial charge >= 0.3 is 0 Å². The first-order valence-corrected chi connectivity index (χ1v) is 10.0. The number of likely N-dealkylation sites (tertiary alicyclic amines) is 1. The lowest BCUT2D eigenvalue weighted by Crippen LogP contribution is -2.36. The van der Waals surface area contributed by atoms with Crippen LogP contribution >= 0.6 is 0 Å². The Balaban J connectivity index is 2.04. The summed E-state index contributed by atoms with van der Waals surface area (Å²) >= 11 is 0. The van der Waals surface area contributed by atoms with Crippen molar-refractivity contribution in [3.8, 4) is 0 Å². The molecule has 160 valence electrons. The molecule has 8 heteroatoms. The summed E-state index contributed by atoms with van der Waals surface area (Å²) < 4.78 is 10.7. The third-order valence-electron chi connectivity index (χ3n) is 4.72. The Labute approximate surface area is 167 Å². The van der Waals surface area contributed by atoms with Crippen molar-refractivity contribution in [2.24, 2.45) is 17.8 Å². The van der Waals surface area contributed by atoms with Crippen LogP contribution in [0.5, 0.6) is 0 Å². The van der Waals surface area contributed by atoms with Crippen LogP contribution in [0.1, 0.15) is 47.0 Å². The van der Waals surface area contributed by atoms with E-state index in [4.69, 9.17) is 9.47 Å². The van der Waals surface area contributed by atoms with Crippen LogP contribution in [0.2, 0.25) is 0 Å². The van der Waals surface area contributed by atoms with Crippen LogP contribution in [-0.4, -0.2) is 67.9 Å². The molecule has 0 saturated carbocycles. The van der Waals surface area contributed by atoms with Gasteiger partial charge in [0.25, 0.3) is 0 Å². The van der Waals surface area contributed by atoms with E-state index in [0.717, 1.165) is 0 Å². The number of imide groups is 1. The zero-order valence-electron chi connectivity index (χ0n) is 17.5. The second kappa shape index (κ2) is 12.6. The minimum absolute atomic E-state index is 0.0294. The average Bonchev–Trinajstić information content (AvgIpc) is 2.92. The summed E-state index contributed by atoms with van der Waals surface area (Å²) in [6.45, 7) is 9.56. The van der Waals surface area contributed by atoms with E-state index >= 15 is 0 Å². The maximum absolute atomic E-state index is 12.2. The summed E-state index contributed by atoms with van der Waals surface area (Å²) in [6, 6.07) is 0. The predicted octanol–water partition coefficient (Wildman–Crippen LogP) is 1.17. The first kappa shape index (κ1) is 24.2. The van der Waals surface area contributed by atoms with Crippen LogP contribution in [0, 0.1) is 17.8 Å². The first-order valence-electron chi connectivity index (χ1n) is 10.0. The molecule has 0 aromatic carbocycles. The molecular weight excluding hydrogens is 364 g/mol. The highest BCUT2D eigenvalue weighted by molar-refractivity contribution is 6.03. The summed E-state index contributed by atoms with van der Waals surface area (Å²) in [7, 11) is 0. The van der Waals surface area contributed by atoms with E-state index in [1.165, 1.54) is 4.90 Å². The quantitative estimate of drug-likeness (QED) is 0.348. The predicted molar refractivity (Wildman–Crippen MR) is 103 cm³/mol. The maximum Gasteiger partial charge on any atom is 0.233 e. The van der Waals surface area contributed by atoms with Crippen molar-refractivity contribution in [1.82, 2.24) is 10.2 Å². The van der Waals surface area contributed by atoms with Crippen LogP contribution in [0.25, 0.3) is 0 Å². The van der Waals surface area contributed by atoms with Gasteiger partial charge in [0.1, 0.15) is 5.78 Å².